The van der Waals surface area contributed by atoms with Gasteiger partial charge in [0.1, 0.15) is 9.88 Å². The van der Waals surface area contributed by atoms with E-state index in [9.17, 15) is 18.0 Å². The van der Waals surface area contributed by atoms with Gasteiger partial charge in [-0.1, -0.05) is 29.8 Å². The number of hydrogen-bond acceptors (Lipinski definition) is 6. The van der Waals surface area contributed by atoms with Gasteiger partial charge in [-0.05, 0) is 49.9 Å². The lowest BCUT2D eigenvalue weighted by molar-refractivity contribution is 0.0696. The molecule has 3 aromatic rings. The van der Waals surface area contributed by atoms with E-state index in [1.54, 1.807) is 36.4 Å². The number of nitrogens with one attached hydrogen (secondary N) is 1. The number of hydrogen-bond donors (Lipinski definition) is 2. The zero-order chi connectivity index (χ0) is 24.3. The standard InChI is InChI=1S/C24H25N3O5S2/c1-16-5-7-20(8-6-16)34(31,32)27-11-9-17(10-12-27)14-25-22(28)21-15-26-23(33-21)18-3-2-4-19(13-18)24(29)30/h2-8,13,15,17H,9-12,14H2,1H3,(H,25,28)(H,29,30). The molecule has 0 aliphatic carbocycles. The van der Waals surface area contributed by atoms with Gasteiger partial charge in [0.15, 0.2) is 0 Å². The molecule has 178 valence electrons. The summed E-state index contributed by atoms with van der Waals surface area (Å²) in [6.45, 7) is 3.21. The van der Waals surface area contributed by atoms with Gasteiger partial charge < -0.3 is 10.4 Å². The summed E-state index contributed by atoms with van der Waals surface area (Å²) in [6.07, 6.45) is 2.82. The Labute approximate surface area is 202 Å². The average Bonchev–Trinajstić information content (AvgIpc) is 3.34. The number of carboxylic acid groups (broad SMARTS) is 1. The minimum absolute atomic E-state index is 0.162. The van der Waals surface area contributed by atoms with Crippen molar-refractivity contribution in [1.29, 1.82) is 0 Å². The molecule has 1 saturated heterocycles. The maximum Gasteiger partial charge on any atom is 0.335 e. The van der Waals surface area contributed by atoms with Crippen LogP contribution >= 0.6 is 11.3 Å². The van der Waals surface area contributed by atoms with E-state index in [0.717, 1.165) is 5.56 Å². The summed E-state index contributed by atoms with van der Waals surface area (Å²) in [5, 5.41) is 12.7. The first kappa shape index (κ1) is 24.1. The molecule has 0 spiro atoms. The van der Waals surface area contributed by atoms with Crippen molar-refractivity contribution in [3.8, 4) is 10.6 Å². The van der Waals surface area contributed by atoms with Crippen molar-refractivity contribution in [2.24, 2.45) is 5.92 Å². The molecule has 2 aromatic carbocycles. The maximum absolute atomic E-state index is 12.9. The number of aryl methyl sites for hydroxylation is 1. The van der Waals surface area contributed by atoms with Crippen LogP contribution in [-0.4, -0.2) is 54.3 Å². The number of piperidine rings is 1. The van der Waals surface area contributed by atoms with Crippen LogP contribution in [0.4, 0.5) is 0 Å². The first-order chi connectivity index (χ1) is 16.2. The lowest BCUT2D eigenvalue weighted by atomic mass is 9.98. The van der Waals surface area contributed by atoms with Crippen LogP contribution in [0, 0.1) is 12.8 Å². The normalized spacial score (nSPS) is 15.2. The maximum atomic E-state index is 12.9. The van der Waals surface area contributed by atoms with Crippen LogP contribution in [0.1, 0.15) is 38.4 Å². The van der Waals surface area contributed by atoms with Crippen molar-refractivity contribution >= 4 is 33.2 Å². The van der Waals surface area contributed by atoms with Gasteiger partial charge in [-0.15, -0.1) is 11.3 Å². The number of amides is 1. The van der Waals surface area contributed by atoms with Gasteiger partial charge in [0.25, 0.3) is 5.91 Å². The molecule has 0 atom stereocenters. The number of sulfonamides is 1. The number of nitrogens with zero attached hydrogens (tertiary/aromatic N) is 2. The van der Waals surface area contributed by atoms with Crippen LogP contribution in [0.25, 0.3) is 10.6 Å². The Bertz CT molecular complexity index is 1290. The molecule has 1 amide bonds. The molecule has 34 heavy (non-hydrogen) atoms. The molecule has 0 bridgehead atoms. The monoisotopic (exact) mass is 499 g/mol. The Kier molecular flexibility index (Phi) is 7.11. The number of rotatable bonds is 7. The number of thiazole rings is 1. The van der Waals surface area contributed by atoms with E-state index in [-0.39, 0.29) is 17.4 Å². The van der Waals surface area contributed by atoms with Gasteiger partial charge in [-0.25, -0.2) is 18.2 Å². The lowest BCUT2D eigenvalue weighted by Crippen LogP contribution is -2.41. The Morgan fingerprint density at radius 1 is 1.15 bits per heavy atom. The van der Waals surface area contributed by atoms with E-state index in [0.29, 0.717) is 52.8 Å². The molecule has 1 aromatic heterocycles. The van der Waals surface area contributed by atoms with E-state index in [1.807, 2.05) is 6.92 Å². The molecule has 10 heteroatoms. The zero-order valence-electron chi connectivity index (χ0n) is 18.6. The van der Waals surface area contributed by atoms with Crippen molar-refractivity contribution in [3.05, 3.63) is 70.7 Å². The van der Waals surface area contributed by atoms with Gasteiger partial charge >= 0.3 is 5.97 Å². The number of carboxylic acids is 1. The van der Waals surface area contributed by atoms with Crippen LogP contribution in [0.15, 0.2) is 59.6 Å². The highest BCUT2D eigenvalue weighted by Gasteiger charge is 2.29. The molecule has 1 aliphatic heterocycles. The molecule has 2 heterocycles. The first-order valence-corrected chi connectivity index (χ1v) is 13.1. The summed E-state index contributed by atoms with van der Waals surface area (Å²) >= 11 is 1.20. The van der Waals surface area contributed by atoms with Crippen molar-refractivity contribution in [2.45, 2.75) is 24.7 Å². The molecule has 0 saturated carbocycles. The van der Waals surface area contributed by atoms with Crippen LogP contribution in [-0.2, 0) is 10.0 Å². The highest BCUT2D eigenvalue weighted by Crippen LogP contribution is 2.27. The van der Waals surface area contributed by atoms with Crippen molar-refractivity contribution in [1.82, 2.24) is 14.6 Å². The third kappa shape index (κ3) is 5.35. The minimum Gasteiger partial charge on any atom is -0.478 e. The quantitative estimate of drug-likeness (QED) is 0.513. The molecular weight excluding hydrogens is 474 g/mol. The Morgan fingerprint density at radius 2 is 1.85 bits per heavy atom. The van der Waals surface area contributed by atoms with E-state index in [4.69, 9.17) is 5.11 Å². The summed E-state index contributed by atoms with van der Waals surface area (Å²) in [4.78, 5) is 28.8. The smallest absolute Gasteiger partial charge is 0.335 e. The molecule has 0 unspecified atom stereocenters. The van der Waals surface area contributed by atoms with Gasteiger partial charge in [-0.3, -0.25) is 4.79 Å². The Balaban J connectivity index is 1.31. The van der Waals surface area contributed by atoms with Gasteiger partial charge in [0.2, 0.25) is 10.0 Å². The molecule has 2 N–H and O–H groups in total. The molecular formula is C24H25N3O5S2. The van der Waals surface area contributed by atoms with Crippen LogP contribution in [0.3, 0.4) is 0 Å². The van der Waals surface area contributed by atoms with Crippen molar-refractivity contribution in [2.75, 3.05) is 19.6 Å². The SMILES string of the molecule is Cc1ccc(S(=O)(=O)N2CCC(CNC(=O)c3cnc(-c4cccc(C(=O)O)c4)s3)CC2)cc1. The van der Waals surface area contributed by atoms with E-state index >= 15 is 0 Å². The average molecular weight is 500 g/mol. The number of carbonyl (C=O) groups is 2. The van der Waals surface area contributed by atoms with E-state index in [1.165, 1.54) is 34.0 Å². The summed E-state index contributed by atoms with van der Waals surface area (Å²) in [6, 6.07) is 13.3. The third-order valence-corrected chi connectivity index (χ3v) is 8.83. The fourth-order valence-electron chi connectivity index (χ4n) is 3.84. The second kappa shape index (κ2) is 10.0. The third-order valence-electron chi connectivity index (χ3n) is 5.87. The molecule has 1 aliphatic rings. The van der Waals surface area contributed by atoms with Crippen LogP contribution < -0.4 is 5.32 Å². The van der Waals surface area contributed by atoms with Gasteiger partial charge in [0, 0.05) is 25.2 Å². The summed E-state index contributed by atoms with van der Waals surface area (Å²) in [5.41, 5.74) is 1.82. The van der Waals surface area contributed by atoms with E-state index in [2.05, 4.69) is 10.3 Å². The second-order valence-electron chi connectivity index (χ2n) is 8.29. The topological polar surface area (TPSA) is 117 Å². The Hall–Kier alpha value is -3.08. The Morgan fingerprint density at radius 3 is 2.53 bits per heavy atom. The lowest BCUT2D eigenvalue weighted by Gasteiger charge is -2.31. The summed E-state index contributed by atoms with van der Waals surface area (Å²) < 4.78 is 27.2. The fraction of sp³-hybridized carbons (Fsp3) is 0.292. The van der Waals surface area contributed by atoms with Gasteiger partial charge in [-0.2, -0.15) is 4.31 Å². The van der Waals surface area contributed by atoms with Crippen LogP contribution in [0.2, 0.25) is 0 Å². The number of carbonyl (C=O) groups excluding carboxylic acids is 1. The molecule has 1 fully saturated rings. The zero-order valence-corrected chi connectivity index (χ0v) is 20.2. The molecule has 0 radical (unpaired) electrons. The van der Waals surface area contributed by atoms with Crippen molar-refractivity contribution in [3.63, 3.8) is 0 Å². The molecule has 4 rings (SSSR count). The highest BCUT2D eigenvalue weighted by atomic mass is 32.2. The highest BCUT2D eigenvalue weighted by molar-refractivity contribution is 7.89. The largest absolute Gasteiger partial charge is 0.478 e. The summed E-state index contributed by atoms with van der Waals surface area (Å²) in [7, 11) is -3.51. The number of aromatic nitrogens is 1. The molecule has 8 nitrogen and oxygen atoms in total. The summed E-state index contributed by atoms with van der Waals surface area (Å²) in [5.74, 6) is -1.07. The van der Waals surface area contributed by atoms with Crippen LogP contribution in [0.5, 0.6) is 0 Å². The van der Waals surface area contributed by atoms with Crippen molar-refractivity contribution < 1.29 is 23.1 Å². The number of benzene rings is 2. The second-order valence-corrected chi connectivity index (χ2v) is 11.3. The predicted octanol–water partition coefficient (Wildman–Crippen LogP) is 3.65. The van der Waals surface area contributed by atoms with E-state index < -0.39 is 16.0 Å². The minimum atomic E-state index is -3.51. The fourth-order valence-corrected chi connectivity index (χ4v) is 6.13. The van der Waals surface area contributed by atoms with Gasteiger partial charge in [0.05, 0.1) is 16.7 Å². The number of aromatic carboxylic acids is 1. The first-order valence-electron chi connectivity index (χ1n) is 10.9. The predicted molar refractivity (Wildman–Crippen MR) is 130 cm³/mol.